The minimum atomic E-state index is -3.56. The van der Waals surface area contributed by atoms with E-state index < -0.39 is 15.7 Å². The molecule has 23 heavy (non-hydrogen) atoms. The van der Waals surface area contributed by atoms with Crippen molar-refractivity contribution in [3.63, 3.8) is 0 Å². The quantitative estimate of drug-likeness (QED) is 0.848. The maximum Gasteiger partial charge on any atom is 0.251 e. The van der Waals surface area contributed by atoms with Crippen LogP contribution < -0.4 is 5.32 Å². The Morgan fingerprint density at radius 1 is 1.13 bits per heavy atom. The van der Waals surface area contributed by atoms with Crippen LogP contribution in [0.5, 0.6) is 0 Å². The van der Waals surface area contributed by atoms with Gasteiger partial charge in [0.1, 0.15) is 5.82 Å². The standard InChI is InChI=1S/C16H17FN2O3S/c1-11-9-13(10-12(2)19-11)16(20)18-7-8-23(21,22)15-5-3-14(17)4-6-15/h3-6,9-10H,7-8H2,1-2H3,(H,18,20). The lowest BCUT2D eigenvalue weighted by molar-refractivity contribution is 0.0956. The van der Waals surface area contributed by atoms with Crippen molar-refractivity contribution in [3.8, 4) is 0 Å². The number of hydrogen-bond donors (Lipinski definition) is 1. The molecule has 1 N–H and O–H groups in total. The van der Waals surface area contributed by atoms with Crippen LogP contribution >= 0.6 is 0 Å². The molecule has 0 saturated heterocycles. The summed E-state index contributed by atoms with van der Waals surface area (Å²) in [4.78, 5) is 16.2. The van der Waals surface area contributed by atoms with E-state index in [2.05, 4.69) is 10.3 Å². The first-order valence-electron chi connectivity index (χ1n) is 7.00. The first kappa shape index (κ1) is 17.1. The van der Waals surface area contributed by atoms with E-state index in [9.17, 15) is 17.6 Å². The summed E-state index contributed by atoms with van der Waals surface area (Å²) < 4.78 is 37.0. The zero-order valence-corrected chi connectivity index (χ0v) is 13.7. The van der Waals surface area contributed by atoms with Crippen molar-refractivity contribution in [3.05, 3.63) is 59.2 Å². The highest BCUT2D eigenvalue weighted by molar-refractivity contribution is 7.91. The van der Waals surface area contributed by atoms with Gasteiger partial charge >= 0.3 is 0 Å². The molecule has 122 valence electrons. The highest BCUT2D eigenvalue weighted by Gasteiger charge is 2.15. The van der Waals surface area contributed by atoms with Gasteiger partial charge in [-0.2, -0.15) is 0 Å². The van der Waals surface area contributed by atoms with Crippen molar-refractivity contribution < 1.29 is 17.6 Å². The highest BCUT2D eigenvalue weighted by atomic mass is 32.2. The van der Waals surface area contributed by atoms with E-state index in [1.807, 2.05) is 0 Å². The Kier molecular flexibility index (Phi) is 5.10. The third-order valence-electron chi connectivity index (χ3n) is 3.17. The molecule has 0 atom stereocenters. The molecule has 2 rings (SSSR count). The van der Waals surface area contributed by atoms with Crippen LogP contribution in [0, 0.1) is 19.7 Å². The highest BCUT2D eigenvalue weighted by Crippen LogP contribution is 2.11. The number of carbonyl (C=O) groups is 1. The second-order valence-corrected chi connectivity index (χ2v) is 7.28. The van der Waals surface area contributed by atoms with Gasteiger partial charge in [-0.1, -0.05) is 0 Å². The summed E-state index contributed by atoms with van der Waals surface area (Å²) in [6.45, 7) is 3.53. The first-order valence-corrected chi connectivity index (χ1v) is 8.65. The molecule has 1 aromatic heterocycles. The smallest absolute Gasteiger partial charge is 0.251 e. The number of aryl methyl sites for hydroxylation is 2. The van der Waals surface area contributed by atoms with Crippen molar-refractivity contribution in [2.24, 2.45) is 0 Å². The lowest BCUT2D eigenvalue weighted by Gasteiger charge is -2.08. The molecule has 0 unspecified atom stereocenters. The largest absolute Gasteiger partial charge is 0.351 e. The lowest BCUT2D eigenvalue weighted by Crippen LogP contribution is -2.29. The lowest BCUT2D eigenvalue weighted by atomic mass is 10.2. The van der Waals surface area contributed by atoms with E-state index in [1.54, 1.807) is 26.0 Å². The SMILES string of the molecule is Cc1cc(C(=O)NCCS(=O)(=O)c2ccc(F)cc2)cc(C)n1. The summed E-state index contributed by atoms with van der Waals surface area (Å²) in [5.74, 6) is -1.11. The van der Waals surface area contributed by atoms with Gasteiger partial charge in [-0.05, 0) is 50.2 Å². The van der Waals surface area contributed by atoms with Crippen molar-refractivity contribution in [2.75, 3.05) is 12.3 Å². The maximum atomic E-state index is 12.8. The molecule has 1 aromatic carbocycles. The maximum absolute atomic E-state index is 12.8. The summed E-state index contributed by atoms with van der Waals surface area (Å²) in [7, 11) is -3.56. The fourth-order valence-corrected chi connectivity index (χ4v) is 3.28. The van der Waals surface area contributed by atoms with Crippen molar-refractivity contribution in [2.45, 2.75) is 18.7 Å². The molecule has 0 fully saturated rings. The van der Waals surface area contributed by atoms with Crippen LogP contribution in [0.3, 0.4) is 0 Å². The third kappa shape index (κ3) is 4.59. The molecule has 0 saturated carbocycles. The van der Waals surface area contributed by atoms with Gasteiger partial charge in [0.15, 0.2) is 9.84 Å². The predicted molar refractivity (Wildman–Crippen MR) is 84.5 cm³/mol. The normalized spacial score (nSPS) is 11.3. The second-order valence-electron chi connectivity index (χ2n) is 5.17. The van der Waals surface area contributed by atoms with E-state index in [4.69, 9.17) is 0 Å². The molecule has 0 aliphatic rings. The van der Waals surface area contributed by atoms with Crippen LogP contribution in [-0.2, 0) is 9.84 Å². The Labute approximate surface area is 134 Å². The fourth-order valence-electron chi connectivity index (χ4n) is 2.13. The molecule has 0 aliphatic heterocycles. The summed E-state index contributed by atoms with van der Waals surface area (Å²) in [6, 6.07) is 7.87. The van der Waals surface area contributed by atoms with Crippen molar-refractivity contribution in [1.29, 1.82) is 0 Å². The Morgan fingerprint density at radius 2 is 1.70 bits per heavy atom. The van der Waals surface area contributed by atoms with Crippen LogP contribution in [0.25, 0.3) is 0 Å². The Balaban J connectivity index is 1.98. The number of sulfone groups is 1. The average molecular weight is 336 g/mol. The number of nitrogens with one attached hydrogen (secondary N) is 1. The Bertz CT molecular complexity index is 797. The fraction of sp³-hybridized carbons (Fsp3) is 0.250. The minimum Gasteiger partial charge on any atom is -0.351 e. The first-order chi connectivity index (χ1) is 10.8. The summed E-state index contributed by atoms with van der Waals surface area (Å²) in [5.41, 5.74) is 1.87. The molecule has 0 bridgehead atoms. The molecule has 5 nitrogen and oxygen atoms in total. The zero-order valence-electron chi connectivity index (χ0n) is 12.8. The van der Waals surface area contributed by atoms with Crippen LogP contribution in [0.4, 0.5) is 4.39 Å². The van der Waals surface area contributed by atoms with Crippen LogP contribution in [0.1, 0.15) is 21.7 Å². The summed E-state index contributed by atoms with van der Waals surface area (Å²) >= 11 is 0. The van der Waals surface area contributed by atoms with E-state index >= 15 is 0 Å². The number of halogens is 1. The second kappa shape index (κ2) is 6.87. The molecule has 0 radical (unpaired) electrons. The van der Waals surface area contributed by atoms with Gasteiger partial charge in [0, 0.05) is 23.5 Å². The van der Waals surface area contributed by atoms with Crippen LogP contribution in [0.15, 0.2) is 41.3 Å². The van der Waals surface area contributed by atoms with Gasteiger partial charge in [0.2, 0.25) is 0 Å². The average Bonchev–Trinajstić information content (AvgIpc) is 2.46. The number of rotatable bonds is 5. The molecular weight excluding hydrogens is 319 g/mol. The third-order valence-corrected chi connectivity index (χ3v) is 4.90. The summed E-state index contributed by atoms with van der Waals surface area (Å²) in [5, 5.41) is 2.57. The van der Waals surface area contributed by atoms with Gasteiger partial charge in [0.05, 0.1) is 10.6 Å². The molecule has 1 amide bonds. The zero-order chi connectivity index (χ0) is 17.0. The van der Waals surface area contributed by atoms with E-state index in [0.29, 0.717) is 17.0 Å². The number of pyridine rings is 1. The number of nitrogens with zero attached hydrogens (tertiary/aromatic N) is 1. The summed E-state index contributed by atoms with van der Waals surface area (Å²) in [6.07, 6.45) is 0. The van der Waals surface area contributed by atoms with Crippen molar-refractivity contribution in [1.82, 2.24) is 10.3 Å². The Morgan fingerprint density at radius 3 is 2.26 bits per heavy atom. The number of hydrogen-bond acceptors (Lipinski definition) is 4. The van der Waals surface area contributed by atoms with Gasteiger partial charge in [-0.25, -0.2) is 12.8 Å². The number of carbonyl (C=O) groups excluding carboxylic acids is 1. The topological polar surface area (TPSA) is 76.1 Å². The number of aromatic nitrogens is 1. The number of benzene rings is 1. The minimum absolute atomic E-state index is 0.0288. The van der Waals surface area contributed by atoms with Gasteiger partial charge in [0.25, 0.3) is 5.91 Å². The molecule has 1 heterocycles. The van der Waals surface area contributed by atoms with Crippen LogP contribution in [-0.4, -0.2) is 31.6 Å². The number of amides is 1. The molecule has 0 aliphatic carbocycles. The van der Waals surface area contributed by atoms with E-state index in [0.717, 1.165) is 12.1 Å². The molecule has 7 heteroatoms. The van der Waals surface area contributed by atoms with Crippen molar-refractivity contribution >= 4 is 15.7 Å². The molecule has 0 spiro atoms. The van der Waals surface area contributed by atoms with Crippen LogP contribution in [0.2, 0.25) is 0 Å². The van der Waals surface area contributed by atoms with Gasteiger partial charge < -0.3 is 5.32 Å². The van der Waals surface area contributed by atoms with Gasteiger partial charge in [-0.15, -0.1) is 0 Å². The Hall–Kier alpha value is -2.28. The van der Waals surface area contributed by atoms with Gasteiger partial charge in [-0.3, -0.25) is 9.78 Å². The predicted octanol–water partition coefficient (Wildman–Crippen LogP) is 2.04. The molecule has 2 aromatic rings. The monoisotopic (exact) mass is 336 g/mol. The molecular formula is C16H17FN2O3S. The van der Waals surface area contributed by atoms with E-state index in [-0.39, 0.29) is 23.1 Å². The van der Waals surface area contributed by atoms with E-state index in [1.165, 1.54) is 12.1 Å².